The number of nitrogens with one attached hydrogen (secondary N) is 1. The van der Waals surface area contributed by atoms with Crippen molar-refractivity contribution in [2.75, 3.05) is 13.1 Å². The van der Waals surface area contributed by atoms with E-state index in [0.29, 0.717) is 0 Å². The molecule has 0 heterocycles. The Morgan fingerprint density at radius 1 is 0.889 bits per heavy atom. The van der Waals surface area contributed by atoms with Crippen LogP contribution in [0.4, 0.5) is 0 Å². The summed E-state index contributed by atoms with van der Waals surface area (Å²) < 4.78 is 0. The first kappa shape index (κ1) is 12.6. The summed E-state index contributed by atoms with van der Waals surface area (Å²) in [5, 5.41) is 2.66. The lowest BCUT2D eigenvalue weighted by atomic mass is 10.0. The highest BCUT2D eigenvalue weighted by Crippen LogP contribution is 2.17. The predicted molar refractivity (Wildman–Crippen MR) is 78.7 cm³/mol. The molecule has 0 aliphatic rings. The molecular weight excluding hydrogens is 218 g/mol. The molecule has 0 amide bonds. The van der Waals surface area contributed by atoms with Crippen LogP contribution >= 0.6 is 0 Å². The molecule has 0 aliphatic carbocycles. The fourth-order valence-electron chi connectivity index (χ4n) is 2.35. The zero-order valence-corrected chi connectivity index (χ0v) is 10.7. The Balaban J connectivity index is 2.29. The average Bonchev–Trinajstić information content (AvgIpc) is 2.40. The van der Waals surface area contributed by atoms with Crippen molar-refractivity contribution < 1.29 is 4.90 Å². The summed E-state index contributed by atoms with van der Waals surface area (Å²) in [5.41, 5.74) is 1.40. The van der Waals surface area contributed by atoms with Gasteiger partial charge in [0.15, 0.2) is 0 Å². The van der Waals surface area contributed by atoms with E-state index in [2.05, 4.69) is 55.6 Å². The van der Waals surface area contributed by atoms with Crippen LogP contribution in [-0.4, -0.2) is 13.1 Å². The molecule has 0 aliphatic heterocycles. The molecule has 1 heteroatoms. The summed E-state index contributed by atoms with van der Waals surface area (Å²) in [6, 6.07) is 15.1. The monoisotopic (exact) mass is 238 g/mol. The fourth-order valence-corrected chi connectivity index (χ4v) is 2.35. The zero-order chi connectivity index (χ0) is 12.8. The Hall–Kier alpha value is -1.86. The van der Waals surface area contributed by atoms with E-state index in [-0.39, 0.29) is 0 Å². The second-order valence-corrected chi connectivity index (χ2v) is 4.55. The Labute approximate surface area is 109 Å². The van der Waals surface area contributed by atoms with Gasteiger partial charge in [0.05, 0.1) is 13.1 Å². The number of hydrogen-bond donors (Lipinski definition) is 1. The molecule has 0 radical (unpaired) electrons. The van der Waals surface area contributed by atoms with Crippen molar-refractivity contribution in [2.24, 2.45) is 0 Å². The van der Waals surface area contributed by atoms with Gasteiger partial charge in [0.1, 0.15) is 6.54 Å². The maximum Gasteiger partial charge on any atom is 0.104 e. The van der Waals surface area contributed by atoms with E-state index in [1.165, 1.54) is 21.2 Å². The van der Waals surface area contributed by atoms with Crippen LogP contribution in [0.15, 0.2) is 67.8 Å². The highest BCUT2D eigenvalue weighted by molar-refractivity contribution is 5.85. The van der Waals surface area contributed by atoms with Gasteiger partial charge < -0.3 is 4.90 Å². The van der Waals surface area contributed by atoms with Crippen molar-refractivity contribution >= 4 is 10.8 Å². The lowest BCUT2D eigenvalue weighted by molar-refractivity contribution is -0.902. The molecule has 0 saturated heterocycles. The third-order valence-electron chi connectivity index (χ3n) is 3.19. The van der Waals surface area contributed by atoms with E-state index in [1.54, 1.807) is 0 Å². The molecule has 0 spiro atoms. The SMILES string of the molecule is C=CC[NH+](CC=C)Cc1cccc2ccccc12. The molecular formula is C17H20N+. The minimum atomic E-state index is 0.968. The molecule has 1 N–H and O–H groups in total. The highest BCUT2D eigenvalue weighted by atomic mass is 15.1. The van der Waals surface area contributed by atoms with Gasteiger partial charge >= 0.3 is 0 Å². The van der Waals surface area contributed by atoms with E-state index in [1.807, 2.05) is 12.2 Å². The van der Waals surface area contributed by atoms with Crippen LogP contribution in [0.2, 0.25) is 0 Å². The highest BCUT2D eigenvalue weighted by Gasteiger charge is 2.08. The summed E-state index contributed by atoms with van der Waals surface area (Å²) in [5.74, 6) is 0. The van der Waals surface area contributed by atoms with E-state index in [9.17, 15) is 0 Å². The van der Waals surface area contributed by atoms with Gasteiger partial charge in [0.2, 0.25) is 0 Å². The van der Waals surface area contributed by atoms with Crippen LogP contribution < -0.4 is 4.90 Å². The molecule has 18 heavy (non-hydrogen) atoms. The summed E-state index contributed by atoms with van der Waals surface area (Å²) in [7, 11) is 0. The normalized spacial score (nSPS) is 10.7. The van der Waals surface area contributed by atoms with Gasteiger partial charge in [-0.05, 0) is 22.9 Å². The van der Waals surface area contributed by atoms with Crippen molar-refractivity contribution in [3.8, 4) is 0 Å². The summed E-state index contributed by atoms with van der Waals surface area (Å²) in [4.78, 5) is 1.47. The fraction of sp³-hybridized carbons (Fsp3) is 0.176. The predicted octanol–water partition coefficient (Wildman–Crippen LogP) is 2.60. The zero-order valence-electron chi connectivity index (χ0n) is 10.7. The third kappa shape index (κ3) is 2.88. The Morgan fingerprint density at radius 2 is 1.56 bits per heavy atom. The lowest BCUT2D eigenvalue weighted by Gasteiger charge is -2.17. The number of fused-ring (bicyclic) bond motifs is 1. The molecule has 0 fully saturated rings. The first-order valence-electron chi connectivity index (χ1n) is 6.37. The lowest BCUT2D eigenvalue weighted by Crippen LogP contribution is -3.10. The van der Waals surface area contributed by atoms with Gasteiger partial charge in [-0.3, -0.25) is 0 Å². The quantitative estimate of drug-likeness (QED) is 0.738. The van der Waals surface area contributed by atoms with Crippen LogP contribution in [0.5, 0.6) is 0 Å². The third-order valence-corrected chi connectivity index (χ3v) is 3.19. The van der Waals surface area contributed by atoms with Crippen LogP contribution in [0.3, 0.4) is 0 Å². The van der Waals surface area contributed by atoms with Gasteiger partial charge in [-0.1, -0.05) is 55.6 Å². The summed E-state index contributed by atoms with van der Waals surface area (Å²) in [6.45, 7) is 10.6. The first-order chi connectivity index (χ1) is 8.85. The number of benzene rings is 2. The average molecular weight is 238 g/mol. The standard InChI is InChI=1S/C17H19N/c1-3-12-18(13-4-2)14-16-10-7-9-15-8-5-6-11-17(15)16/h3-11H,1-2,12-14H2/p+1. The van der Waals surface area contributed by atoms with Crippen LogP contribution in [0, 0.1) is 0 Å². The minimum Gasteiger partial charge on any atom is -0.325 e. The maximum atomic E-state index is 3.83. The topological polar surface area (TPSA) is 4.44 Å². The molecule has 92 valence electrons. The molecule has 0 aromatic heterocycles. The Bertz CT molecular complexity index is 527. The minimum absolute atomic E-state index is 0.968. The van der Waals surface area contributed by atoms with E-state index < -0.39 is 0 Å². The number of rotatable bonds is 6. The van der Waals surface area contributed by atoms with E-state index in [4.69, 9.17) is 0 Å². The maximum absolute atomic E-state index is 3.83. The molecule has 2 aromatic rings. The number of quaternary nitrogens is 1. The first-order valence-corrected chi connectivity index (χ1v) is 6.37. The molecule has 2 rings (SSSR count). The van der Waals surface area contributed by atoms with Gasteiger partial charge in [-0.15, -0.1) is 0 Å². The summed E-state index contributed by atoms with van der Waals surface area (Å²) >= 11 is 0. The largest absolute Gasteiger partial charge is 0.325 e. The molecule has 0 unspecified atom stereocenters. The van der Waals surface area contributed by atoms with Crippen molar-refractivity contribution in [3.63, 3.8) is 0 Å². The van der Waals surface area contributed by atoms with Gasteiger partial charge in [0.25, 0.3) is 0 Å². The van der Waals surface area contributed by atoms with Crippen molar-refractivity contribution in [1.82, 2.24) is 0 Å². The number of hydrogen-bond acceptors (Lipinski definition) is 0. The van der Waals surface area contributed by atoms with Crippen LogP contribution in [0.1, 0.15) is 5.56 Å². The smallest absolute Gasteiger partial charge is 0.104 e. The molecule has 1 nitrogen and oxygen atoms in total. The van der Waals surface area contributed by atoms with Gasteiger partial charge in [-0.2, -0.15) is 0 Å². The molecule has 0 atom stereocenters. The summed E-state index contributed by atoms with van der Waals surface area (Å²) in [6.07, 6.45) is 3.95. The van der Waals surface area contributed by atoms with Gasteiger partial charge in [0, 0.05) is 5.56 Å². The van der Waals surface area contributed by atoms with Gasteiger partial charge in [-0.25, -0.2) is 0 Å². The van der Waals surface area contributed by atoms with Crippen molar-refractivity contribution in [2.45, 2.75) is 6.54 Å². The van der Waals surface area contributed by atoms with E-state index >= 15 is 0 Å². The Morgan fingerprint density at radius 3 is 2.28 bits per heavy atom. The van der Waals surface area contributed by atoms with Crippen LogP contribution in [-0.2, 0) is 6.54 Å². The second-order valence-electron chi connectivity index (χ2n) is 4.55. The van der Waals surface area contributed by atoms with Crippen molar-refractivity contribution in [3.05, 3.63) is 73.3 Å². The molecule has 0 bridgehead atoms. The van der Waals surface area contributed by atoms with E-state index in [0.717, 1.165) is 19.6 Å². The Kier molecular flexibility index (Phi) is 4.32. The van der Waals surface area contributed by atoms with Crippen LogP contribution in [0.25, 0.3) is 10.8 Å². The molecule has 0 saturated carbocycles. The second kappa shape index (κ2) is 6.18. The van der Waals surface area contributed by atoms with Crippen molar-refractivity contribution in [1.29, 1.82) is 0 Å². The molecule has 2 aromatic carbocycles.